The Bertz CT molecular complexity index is 682. The summed E-state index contributed by atoms with van der Waals surface area (Å²) in [6.45, 7) is 0. The lowest BCUT2D eigenvalue weighted by Gasteiger charge is -2.04. The molecule has 0 amide bonds. The van der Waals surface area contributed by atoms with Gasteiger partial charge in [-0.15, -0.1) is 0 Å². The first kappa shape index (κ1) is 13.6. The Kier molecular flexibility index (Phi) is 3.59. The van der Waals surface area contributed by atoms with Crippen LogP contribution < -0.4 is 0 Å². The third-order valence-electron chi connectivity index (χ3n) is 2.45. The first-order valence-electron chi connectivity index (χ1n) is 5.01. The van der Waals surface area contributed by atoms with Crippen LogP contribution in [0.5, 0.6) is 0 Å². The van der Waals surface area contributed by atoms with Gasteiger partial charge < -0.3 is 10.1 Å². The molecule has 1 aromatic carbocycles. The van der Waals surface area contributed by atoms with Crippen LogP contribution >= 0.6 is 23.2 Å². The summed E-state index contributed by atoms with van der Waals surface area (Å²) in [5, 5.41) is 8.41. The minimum Gasteiger partial charge on any atom is -0.477 e. The summed E-state index contributed by atoms with van der Waals surface area (Å²) in [6.07, 6.45) is 1.17. The van der Waals surface area contributed by atoms with Crippen molar-refractivity contribution in [3.63, 3.8) is 0 Å². The highest BCUT2D eigenvalue weighted by Gasteiger charge is 2.21. The largest absolute Gasteiger partial charge is 0.477 e. The van der Waals surface area contributed by atoms with Crippen LogP contribution in [0.1, 0.15) is 26.4 Å². The van der Waals surface area contributed by atoms with Crippen LogP contribution in [0.15, 0.2) is 24.4 Å². The number of H-pyrrole nitrogens is 1. The van der Waals surface area contributed by atoms with Crippen LogP contribution in [0.3, 0.4) is 0 Å². The van der Waals surface area contributed by atoms with Crippen molar-refractivity contribution in [1.29, 1.82) is 0 Å². The molecule has 1 aromatic heterocycles. The Hall–Kier alpha value is -1.85. The number of hydrogen-bond donors (Lipinski definition) is 2. The van der Waals surface area contributed by atoms with E-state index in [9.17, 15) is 14.0 Å². The van der Waals surface area contributed by atoms with Gasteiger partial charge >= 0.3 is 5.97 Å². The smallest absolute Gasteiger partial charge is 0.352 e. The maximum absolute atomic E-state index is 13.8. The molecule has 0 aliphatic carbocycles. The molecular weight excluding hydrogens is 296 g/mol. The van der Waals surface area contributed by atoms with Crippen molar-refractivity contribution in [3.05, 3.63) is 57.1 Å². The molecule has 0 saturated carbocycles. The number of aromatic nitrogens is 1. The lowest BCUT2D eigenvalue weighted by molar-refractivity contribution is 0.0691. The Labute approximate surface area is 116 Å². The highest BCUT2D eigenvalue weighted by atomic mass is 35.5. The fourth-order valence-corrected chi connectivity index (χ4v) is 1.92. The Balaban J connectivity index is 2.50. The summed E-state index contributed by atoms with van der Waals surface area (Å²) in [5.41, 5.74) is -0.576. The number of carboxylic acids is 1. The van der Waals surface area contributed by atoms with Gasteiger partial charge in [0, 0.05) is 11.8 Å². The van der Waals surface area contributed by atoms with Gasteiger partial charge in [0.15, 0.2) is 11.6 Å². The number of rotatable bonds is 3. The molecule has 0 aliphatic rings. The van der Waals surface area contributed by atoms with E-state index in [0.717, 1.165) is 6.07 Å². The van der Waals surface area contributed by atoms with E-state index in [2.05, 4.69) is 4.98 Å². The summed E-state index contributed by atoms with van der Waals surface area (Å²) >= 11 is 11.4. The number of carboxylic acid groups (broad SMARTS) is 1. The zero-order chi connectivity index (χ0) is 14.2. The molecule has 0 aliphatic heterocycles. The standard InChI is InChI=1S/C12H6Cl2FNO3/c13-6-1-2-7(14)10(15)9(6)11(17)5-3-8(12(18)19)16-4-5/h1-4,16H,(H,18,19). The molecular formula is C12H6Cl2FNO3. The quantitative estimate of drug-likeness (QED) is 0.674. The molecule has 4 nitrogen and oxygen atoms in total. The van der Waals surface area contributed by atoms with Crippen LogP contribution in [0, 0.1) is 5.82 Å². The van der Waals surface area contributed by atoms with E-state index in [0.29, 0.717) is 0 Å². The summed E-state index contributed by atoms with van der Waals surface area (Å²) in [5.74, 6) is -2.90. The van der Waals surface area contributed by atoms with E-state index >= 15 is 0 Å². The predicted molar refractivity (Wildman–Crippen MR) is 67.6 cm³/mol. The zero-order valence-electron chi connectivity index (χ0n) is 9.21. The second kappa shape index (κ2) is 5.03. The summed E-state index contributed by atoms with van der Waals surface area (Å²) < 4.78 is 13.8. The molecule has 0 bridgehead atoms. The average molecular weight is 302 g/mol. The highest BCUT2D eigenvalue weighted by Crippen LogP contribution is 2.27. The SMILES string of the molecule is O=C(O)c1cc(C(=O)c2c(Cl)ccc(Cl)c2F)c[nH]1. The third kappa shape index (κ3) is 2.47. The lowest BCUT2D eigenvalue weighted by atomic mass is 10.1. The summed E-state index contributed by atoms with van der Waals surface area (Å²) in [7, 11) is 0. The van der Waals surface area contributed by atoms with Crippen LogP contribution in [-0.2, 0) is 0 Å². The minimum atomic E-state index is -1.23. The molecule has 2 aromatic rings. The van der Waals surface area contributed by atoms with Crippen LogP contribution in [0.2, 0.25) is 10.0 Å². The van der Waals surface area contributed by atoms with E-state index in [4.69, 9.17) is 28.3 Å². The number of ketones is 1. The summed E-state index contributed by atoms with van der Waals surface area (Å²) in [6, 6.07) is 3.63. The van der Waals surface area contributed by atoms with Gasteiger partial charge in [-0.25, -0.2) is 9.18 Å². The fraction of sp³-hybridized carbons (Fsp3) is 0. The number of hydrogen-bond acceptors (Lipinski definition) is 2. The van der Waals surface area contributed by atoms with Gasteiger partial charge in [-0.2, -0.15) is 0 Å². The van der Waals surface area contributed by atoms with Crippen molar-refractivity contribution in [2.45, 2.75) is 0 Å². The van der Waals surface area contributed by atoms with Gasteiger partial charge in [-0.3, -0.25) is 4.79 Å². The molecule has 0 spiro atoms. The van der Waals surface area contributed by atoms with E-state index < -0.39 is 17.6 Å². The number of nitrogens with one attached hydrogen (secondary N) is 1. The highest BCUT2D eigenvalue weighted by molar-refractivity contribution is 6.37. The first-order chi connectivity index (χ1) is 8.91. The van der Waals surface area contributed by atoms with Gasteiger partial charge in [-0.1, -0.05) is 23.2 Å². The fourth-order valence-electron chi connectivity index (χ4n) is 1.53. The Morgan fingerprint density at radius 3 is 2.42 bits per heavy atom. The van der Waals surface area contributed by atoms with Crippen LogP contribution in [0.25, 0.3) is 0 Å². The molecule has 7 heteroatoms. The Morgan fingerprint density at radius 2 is 1.84 bits per heavy atom. The van der Waals surface area contributed by atoms with Gasteiger partial charge in [0.05, 0.1) is 15.6 Å². The lowest BCUT2D eigenvalue weighted by Crippen LogP contribution is -2.05. The number of benzene rings is 1. The molecule has 0 saturated heterocycles. The molecule has 0 fully saturated rings. The number of aromatic carboxylic acids is 1. The number of carbonyl (C=O) groups excluding carboxylic acids is 1. The summed E-state index contributed by atoms with van der Waals surface area (Å²) in [4.78, 5) is 25.2. The van der Waals surface area contributed by atoms with Crippen LogP contribution in [-0.4, -0.2) is 21.8 Å². The van der Waals surface area contributed by atoms with Crippen molar-refractivity contribution in [2.24, 2.45) is 0 Å². The van der Waals surface area contributed by atoms with Gasteiger partial charge in [0.25, 0.3) is 0 Å². The van der Waals surface area contributed by atoms with Crippen molar-refractivity contribution in [2.75, 3.05) is 0 Å². The molecule has 2 N–H and O–H groups in total. The van der Waals surface area contributed by atoms with E-state index in [1.165, 1.54) is 18.3 Å². The normalized spacial score (nSPS) is 10.5. The van der Waals surface area contributed by atoms with Crippen molar-refractivity contribution < 1.29 is 19.1 Å². The second-order valence-corrected chi connectivity index (χ2v) is 4.47. The number of aromatic amines is 1. The van der Waals surface area contributed by atoms with E-state index in [1.807, 2.05) is 0 Å². The monoisotopic (exact) mass is 301 g/mol. The van der Waals surface area contributed by atoms with Gasteiger partial charge in [-0.05, 0) is 18.2 Å². The predicted octanol–water partition coefficient (Wildman–Crippen LogP) is 3.39. The average Bonchev–Trinajstić information content (AvgIpc) is 2.84. The molecule has 1 heterocycles. The molecule has 98 valence electrons. The topological polar surface area (TPSA) is 70.2 Å². The van der Waals surface area contributed by atoms with Crippen molar-refractivity contribution >= 4 is 35.0 Å². The van der Waals surface area contributed by atoms with E-state index in [1.54, 1.807) is 0 Å². The zero-order valence-corrected chi connectivity index (χ0v) is 10.7. The Morgan fingerprint density at radius 1 is 1.21 bits per heavy atom. The molecule has 19 heavy (non-hydrogen) atoms. The van der Waals surface area contributed by atoms with Crippen molar-refractivity contribution in [1.82, 2.24) is 4.98 Å². The maximum Gasteiger partial charge on any atom is 0.352 e. The molecule has 0 atom stereocenters. The molecule has 0 unspecified atom stereocenters. The van der Waals surface area contributed by atoms with Gasteiger partial charge in [0.1, 0.15) is 5.69 Å². The second-order valence-electron chi connectivity index (χ2n) is 3.65. The molecule has 0 radical (unpaired) electrons. The maximum atomic E-state index is 13.8. The minimum absolute atomic E-state index is 0.0135. The number of halogens is 3. The van der Waals surface area contributed by atoms with Crippen LogP contribution in [0.4, 0.5) is 4.39 Å². The number of carbonyl (C=O) groups is 2. The first-order valence-corrected chi connectivity index (χ1v) is 5.77. The van der Waals surface area contributed by atoms with Gasteiger partial charge in [0.2, 0.25) is 0 Å². The van der Waals surface area contributed by atoms with E-state index in [-0.39, 0.29) is 26.9 Å². The van der Waals surface area contributed by atoms with Crippen molar-refractivity contribution in [3.8, 4) is 0 Å². The third-order valence-corrected chi connectivity index (χ3v) is 3.05. The molecule has 2 rings (SSSR count).